The fourth-order valence-electron chi connectivity index (χ4n) is 6.30. The average Bonchev–Trinajstić information content (AvgIpc) is 4.02. The van der Waals surface area contributed by atoms with Crippen molar-refractivity contribution in [2.24, 2.45) is 5.92 Å². The first-order valence-electron chi connectivity index (χ1n) is 17.5. The Hall–Kier alpha value is -4.99. The topological polar surface area (TPSA) is 199 Å². The summed E-state index contributed by atoms with van der Waals surface area (Å²) in [5, 5.41) is 6.06. The molecular weight excluding hydrogens is 706 g/mol. The number of ether oxygens (including phenoxy) is 3. The molecule has 2 aliphatic carbocycles. The van der Waals surface area contributed by atoms with Crippen LogP contribution in [0.25, 0.3) is 10.8 Å². The zero-order chi connectivity index (χ0) is 38.9. The molecule has 3 fully saturated rings. The van der Waals surface area contributed by atoms with E-state index in [1.165, 1.54) is 17.9 Å². The highest BCUT2D eigenvalue weighted by Crippen LogP contribution is 2.45. The molecule has 1 unspecified atom stereocenters. The van der Waals surface area contributed by atoms with Crippen molar-refractivity contribution in [3.63, 3.8) is 0 Å². The monoisotopic (exact) mass is 753 g/mol. The number of aromatic nitrogens is 1. The summed E-state index contributed by atoms with van der Waals surface area (Å²) in [5.74, 6) is -2.33. The first kappa shape index (κ1) is 39.2. The van der Waals surface area contributed by atoms with Gasteiger partial charge in [-0.1, -0.05) is 12.7 Å². The number of benzene rings is 1. The first-order chi connectivity index (χ1) is 24.9. The van der Waals surface area contributed by atoms with E-state index < -0.39 is 74.3 Å². The van der Waals surface area contributed by atoms with Gasteiger partial charge >= 0.3 is 6.09 Å². The number of likely N-dealkylation sites (tertiary alicyclic amines) is 1. The summed E-state index contributed by atoms with van der Waals surface area (Å²) < 4.78 is 44.6. The van der Waals surface area contributed by atoms with Crippen LogP contribution in [0.1, 0.15) is 66.2 Å². The zero-order valence-corrected chi connectivity index (χ0v) is 31.4. The smallest absolute Gasteiger partial charge is 0.408 e. The maximum absolute atomic E-state index is 14.4. The maximum atomic E-state index is 14.4. The molecule has 15 nitrogen and oxygen atoms in total. The van der Waals surface area contributed by atoms with Crippen LogP contribution < -0.4 is 24.8 Å². The Morgan fingerprint density at radius 2 is 1.87 bits per heavy atom. The molecule has 16 heteroatoms. The number of amides is 4. The van der Waals surface area contributed by atoms with Gasteiger partial charge in [-0.25, -0.2) is 18.2 Å². The van der Waals surface area contributed by atoms with Crippen molar-refractivity contribution in [2.75, 3.05) is 13.7 Å². The Kier molecular flexibility index (Phi) is 11.2. The van der Waals surface area contributed by atoms with E-state index in [1.807, 2.05) is 6.07 Å². The molecule has 3 aliphatic rings. The molecule has 3 N–H and O–H groups in total. The quantitative estimate of drug-likeness (QED) is 0.178. The Balaban J connectivity index is 1.45. The molecule has 2 aromatic rings. The number of sulfonamides is 1. The fourth-order valence-corrected chi connectivity index (χ4v) is 7.66. The van der Waals surface area contributed by atoms with E-state index in [0.29, 0.717) is 24.0 Å². The van der Waals surface area contributed by atoms with Gasteiger partial charge in [0.1, 0.15) is 35.1 Å². The molecule has 2 saturated carbocycles. The van der Waals surface area contributed by atoms with Gasteiger partial charge in [-0.2, -0.15) is 0 Å². The molecule has 2 heterocycles. The highest BCUT2D eigenvalue weighted by Gasteiger charge is 2.62. The van der Waals surface area contributed by atoms with Crippen LogP contribution in [0.4, 0.5) is 4.79 Å². The summed E-state index contributed by atoms with van der Waals surface area (Å²) in [7, 11) is -2.38. The molecule has 0 bridgehead atoms. The Morgan fingerprint density at radius 1 is 1.15 bits per heavy atom. The molecule has 1 saturated heterocycles. The van der Waals surface area contributed by atoms with E-state index in [4.69, 9.17) is 14.2 Å². The van der Waals surface area contributed by atoms with Crippen molar-refractivity contribution in [1.29, 1.82) is 0 Å². The third kappa shape index (κ3) is 9.15. The number of ketones is 1. The van der Waals surface area contributed by atoms with Crippen molar-refractivity contribution in [3.05, 3.63) is 55.3 Å². The molecule has 1 aromatic heterocycles. The number of allylic oxidation sites excluding steroid dienone is 1. The molecule has 5 atom stereocenters. The Labute approximate surface area is 308 Å². The van der Waals surface area contributed by atoms with E-state index in [9.17, 15) is 32.4 Å². The van der Waals surface area contributed by atoms with Gasteiger partial charge in [0.25, 0.3) is 5.91 Å². The second-order valence-electron chi connectivity index (χ2n) is 14.8. The zero-order valence-electron chi connectivity index (χ0n) is 30.6. The minimum absolute atomic E-state index is 0.0491. The highest BCUT2D eigenvalue weighted by atomic mass is 32.2. The number of hydrogen-bond acceptors (Lipinski definition) is 11. The lowest BCUT2D eigenvalue weighted by molar-refractivity contribution is -0.141. The van der Waals surface area contributed by atoms with Crippen LogP contribution in [0.15, 0.2) is 55.3 Å². The van der Waals surface area contributed by atoms with Crippen molar-refractivity contribution in [1.82, 2.24) is 25.2 Å². The predicted octanol–water partition coefficient (Wildman–Crippen LogP) is 3.08. The lowest BCUT2D eigenvalue weighted by Crippen LogP contribution is -2.58. The minimum atomic E-state index is -3.93. The first-order valence-corrected chi connectivity index (χ1v) is 19.0. The minimum Gasteiger partial charge on any atom is -0.497 e. The van der Waals surface area contributed by atoms with E-state index in [1.54, 1.807) is 52.3 Å². The number of nitrogens with one attached hydrogen (secondary N) is 3. The molecule has 1 aliphatic heterocycles. The largest absolute Gasteiger partial charge is 0.497 e. The third-order valence-electron chi connectivity index (χ3n) is 9.44. The lowest BCUT2D eigenvalue weighted by Gasteiger charge is -2.30. The van der Waals surface area contributed by atoms with Crippen molar-refractivity contribution in [3.8, 4) is 11.6 Å². The van der Waals surface area contributed by atoms with Gasteiger partial charge in [0, 0.05) is 30.3 Å². The number of hydrogen-bond donors (Lipinski definition) is 3. The lowest BCUT2D eigenvalue weighted by atomic mass is 10.0. The number of rotatable bonds is 15. The molecule has 0 radical (unpaired) electrons. The van der Waals surface area contributed by atoms with Crippen LogP contribution in [0.5, 0.6) is 11.6 Å². The van der Waals surface area contributed by atoms with E-state index >= 15 is 0 Å². The van der Waals surface area contributed by atoms with Crippen molar-refractivity contribution >= 4 is 50.4 Å². The summed E-state index contributed by atoms with van der Waals surface area (Å²) in [6.07, 6.45) is 1.99. The van der Waals surface area contributed by atoms with E-state index in [-0.39, 0.29) is 49.5 Å². The van der Waals surface area contributed by atoms with Crippen LogP contribution in [-0.2, 0) is 33.9 Å². The highest BCUT2D eigenvalue weighted by molar-refractivity contribution is 7.91. The predicted molar refractivity (Wildman–Crippen MR) is 194 cm³/mol. The molecule has 1 aromatic carbocycles. The number of Topliss-reactive ketones (excluding diaryl/α,β-unsaturated/α-hetero) is 1. The SMILES string of the molecule is C=CC1C[C@]1(NC(=O)[C@@H]1C[C@@H](Oc2nccc3cc(OC)ccc23)CN1C(=O)[C@H](CCC(=O)C(=C)C)NC(=O)OC(C)(C)C)C(=O)NS(=O)(=O)C1CC1. The normalized spacial score (nSPS) is 23.0. The van der Waals surface area contributed by atoms with E-state index in [0.717, 1.165) is 5.39 Å². The van der Waals surface area contributed by atoms with Gasteiger partial charge in [-0.15, -0.1) is 6.58 Å². The summed E-state index contributed by atoms with van der Waals surface area (Å²) in [6.45, 7) is 13.8. The maximum Gasteiger partial charge on any atom is 0.408 e. The number of alkyl carbamates (subject to hydrolysis) is 1. The number of methoxy groups -OCH3 is 1. The summed E-state index contributed by atoms with van der Waals surface area (Å²) in [4.78, 5) is 73.2. The number of pyridine rings is 1. The number of nitrogens with zero attached hydrogens (tertiary/aromatic N) is 2. The van der Waals surface area contributed by atoms with Crippen molar-refractivity contribution < 1.29 is 46.6 Å². The van der Waals surface area contributed by atoms with Crippen molar-refractivity contribution in [2.45, 2.75) is 101 Å². The van der Waals surface area contributed by atoms with Gasteiger partial charge in [0.15, 0.2) is 5.78 Å². The van der Waals surface area contributed by atoms with Gasteiger partial charge in [0.2, 0.25) is 27.7 Å². The average molecular weight is 754 g/mol. The van der Waals surface area contributed by atoms with Gasteiger partial charge < -0.3 is 29.7 Å². The second kappa shape index (κ2) is 15.2. The number of fused-ring (bicyclic) bond motifs is 1. The van der Waals surface area contributed by atoms with Gasteiger partial charge in [-0.05, 0) is 88.6 Å². The van der Waals surface area contributed by atoms with E-state index in [2.05, 4.69) is 33.5 Å². The van der Waals surface area contributed by atoms with Crippen LogP contribution in [-0.4, -0.2) is 96.1 Å². The summed E-state index contributed by atoms with van der Waals surface area (Å²) >= 11 is 0. The summed E-state index contributed by atoms with van der Waals surface area (Å²) in [5.41, 5.74) is -2.23. The molecule has 53 heavy (non-hydrogen) atoms. The van der Waals surface area contributed by atoms with Crippen LogP contribution in [0, 0.1) is 5.92 Å². The van der Waals surface area contributed by atoms with Gasteiger partial charge in [0.05, 0.1) is 18.9 Å². The van der Waals surface area contributed by atoms with Gasteiger partial charge in [-0.3, -0.25) is 23.9 Å². The number of carbonyl (C=O) groups excluding carboxylic acids is 5. The van der Waals surface area contributed by atoms with Crippen LogP contribution >= 0.6 is 0 Å². The molecule has 5 rings (SSSR count). The standard InChI is InChI=1S/C37H47N5O10S/c1-8-23-19-37(23,34(46)41-53(48,49)26-10-11-26)40-31(44)29-18-25(51-32-27-12-9-24(50-7)17-22(27)15-16-38-32)20-42(29)33(45)28(13-14-30(43)21(2)3)39-35(47)52-36(4,5)6/h8-9,12,15-17,23,25-26,28-29H,1-2,10-11,13-14,18-20H2,3-7H3,(H,39,47)(H,40,44)(H,41,46)/t23?,25-,28+,29+,37-/m1/s1. The summed E-state index contributed by atoms with van der Waals surface area (Å²) in [6, 6.07) is 4.58. The molecular formula is C37H47N5O10S. The van der Waals surface area contributed by atoms with Crippen LogP contribution in [0.2, 0.25) is 0 Å². The second-order valence-corrected chi connectivity index (χ2v) is 16.8. The van der Waals surface area contributed by atoms with Crippen LogP contribution in [0.3, 0.4) is 0 Å². The Morgan fingerprint density at radius 3 is 2.47 bits per heavy atom. The fraction of sp³-hybridized carbons (Fsp3) is 0.514. The molecule has 4 amide bonds. The Bertz CT molecular complexity index is 1940. The third-order valence-corrected chi connectivity index (χ3v) is 11.3. The number of carbonyl (C=O) groups is 5. The molecule has 286 valence electrons. The molecule has 0 spiro atoms.